The van der Waals surface area contributed by atoms with Gasteiger partial charge in [-0.2, -0.15) is 0 Å². The van der Waals surface area contributed by atoms with E-state index in [0.717, 1.165) is 25.7 Å². The summed E-state index contributed by atoms with van der Waals surface area (Å²) in [5.74, 6) is 0.629. The Hall–Kier alpha value is -0.0900. The Morgan fingerprint density at radius 1 is 1.50 bits per heavy atom. The predicted octanol–water partition coefficient (Wildman–Crippen LogP) is 1.36. The molecular formula is C10H20O3S. The Morgan fingerprint density at radius 3 is 2.64 bits per heavy atom. The third kappa shape index (κ3) is 3.96. The molecule has 0 bridgehead atoms. The molecule has 0 aromatic heterocycles. The SMILES string of the molecule is CC1CCCC(O)(CCS(C)(=O)=O)C1. The number of hydrogen-bond donors (Lipinski definition) is 1. The number of hydrogen-bond acceptors (Lipinski definition) is 3. The second-order valence-corrected chi connectivity index (χ2v) is 7.07. The fraction of sp³-hybridized carbons (Fsp3) is 1.00. The molecule has 1 rings (SSSR count). The maximum absolute atomic E-state index is 11.0. The van der Waals surface area contributed by atoms with Gasteiger partial charge in [0.25, 0.3) is 0 Å². The Morgan fingerprint density at radius 2 is 2.14 bits per heavy atom. The minimum atomic E-state index is -2.94. The van der Waals surface area contributed by atoms with Gasteiger partial charge in [-0.1, -0.05) is 19.8 Å². The van der Waals surface area contributed by atoms with Gasteiger partial charge in [-0.3, -0.25) is 0 Å². The lowest BCUT2D eigenvalue weighted by Crippen LogP contribution is -2.36. The molecule has 0 heterocycles. The van der Waals surface area contributed by atoms with Crippen LogP contribution in [0.3, 0.4) is 0 Å². The van der Waals surface area contributed by atoms with Gasteiger partial charge in [0, 0.05) is 6.26 Å². The molecule has 1 fully saturated rings. The molecule has 0 spiro atoms. The summed E-state index contributed by atoms with van der Waals surface area (Å²) in [5.41, 5.74) is -0.721. The van der Waals surface area contributed by atoms with E-state index in [0.29, 0.717) is 12.3 Å². The fourth-order valence-electron chi connectivity index (χ4n) is 2.23. The van der Waals surface area contributed by atoms with E-state index in [1.165, 1.54) is 6.26 Å². The zero-order valence-corrected chi connectivity index (χ0v) is 9.81. The van der Waals surface area contributed by atoms with Crippen molar-refractivity contribution in [3.63, 3.8) is 0 Å². The van der Waals surface area contributed by atoms with Gasteiger partial charge in [-0.05, 0) is 25.2 Å². The lowest BCUT2D eigenvalue weighted by molar-refractivity contribution is -0.0152. The summed E-state index contributed by atoms with van der Waals surface area (Å²) in [4.78, 5) is 0. The zero-order chi connectivity index (χ0) is 10.8. The van der Waals surface area contributed by atoms with Crippen molar-refractivity contribution >= 4 is 9.84 Å². The van der Waals surface area contributed by atoms with E-state index in [1.54, 1.807) is 0 Å². The van der Waals surface area contributed by atoms with Gasteiger partial charge in [0.15, 0.2) is 0 Å². The summed E-state index contributed by atoms with van der Waals surface area (Å²) in [6.45, 7) is 2.12. The highest BCUT2D eigenvalue weighted by Crippen LogP contribution is 2.34. The fourth-order valence-corrected chi connectivity index (χ4v) is 2.99. The topological polar surface area (TPSA) is 54.4 Å². The minimum absolute atomic E-state index is 0.107. The molecule has 2 atom stereocenters. The number of rotatable bonds is 3. The Bertz CT molecular complexity index is 284. The van der Waals surface area contributed by atoms with Gasteiger partial charge in [-0.15, -0.1) is 0 Å². The van der Waals surface area contributed by atoms with E-state index in [9.17, 15) is 13.5 Å². The van der Waals surface area contributed by atoms with Crippen molar-refractivity contribution in [3.8, 4) is 0 Å². The highest BCUT2D eigenvalue weighted by molar-refractivity contribution is 7.90. The molecular weight excluding hydrogens is 200 g/mol. The van der Waals surface area contributed by atoms with Crippen LogP contribution in [0.25, 0.3) is 0 Å². The minimum Gasteiger partial charge on any atom is -0.390 e. The van der Waals surface area contributed by atoms with Gasteiger partial charge >= 0.3 is 0 Å². The van der Waals surface area contributed by atoms with E-state index in [1.807, 2.05) is 0 Å². The summed E-state index contributed by atoms with van der Waals surface area (Å²) in [6.07, 6.45) is 5.30. The van der Waals surface area contributed by atoms with Crippen molar-refractivity contribution in [2.75, 3.05) is 12.0 Å². The second kappa shape index (κ2) is 4.19. The smallest absolute Gasteiger partial charge is 0.147 e. The average Bonchev–Trinajstić information content (AvgIpc) is 1.99. The normalized spacial score (nSPS) is 34.4. The van der Waals surface area contributed by atoms with Crippen LogP contribution in [0.15, 0.2) is 0 Å². The summed E-state index contributed by atoms with van der Waals surface area (Å²) in [6, 6.07) is 0. The Balaban J connectivity index is 2.49. The molecule has 14 heavy (non-hydrogen) atoms. The molecule has 84 valence electrons. The van der Waals surface area contributed by atoms with E-state index in [2.05, 4.69) is 6.92 Å². The number of aliphatic hydroxyl groups is 1. The van der Waals surface area contributed by atoms with Crippen molar-refractivity contribution in [1.82, 2.24) is 0 Å². The first-order chi connectivity index (χ1) is 6.31. The lowest BCUT2D eigenvalue weighted by Gasteiger charge is -2.35. The van der Waals surface area contributed by atoms with Crippen molar-refractivity contribution in [2.45, 2.75) is 44.6 Å². The first kappa shape index (κ1) is 12.0. The molecule has 3 nitrogen and oxygen atoms in total. The van der Waals surface area contributed by atoms with Crippen LogP contribution in [-0.2, 0) is 9.84 Å². The molecule has 0 aliphatic heterocycles. The van der Waals surface area contributed by atoms with Crippen LogP contribution in [0.2, 0.25) is 0 Å². The zero-order valence-electron chi connectivity index (χ0n) is 8.99. The molecule has 1 N–H and O–H groups in total. The van der Waals surface area contributed by atoms with Crippen LogP contribution >= 0.6 is 0 Å². The van der Waals surface area contributed by atoms with Crippen molar-refractivity contribution in [1.29, 1.82) is 0 Å². The standard InChI is InChI=1S/C10H20O3S/c1-9-4-3-5-10(11,8-9)6-7-14(2,12)13/h9,11H,3-8H2,1-2H3. The van der Waals surface area contributed by atoms with Crippen molar-refractivity contribution in [2.24, 2.45) is 5.92 Å². The van der Waals surface area contributed by atoms with Crippen LogP contribution in [0.5, 0.6) is 0 Å². The third-order valence-electron chi connectivity index (χ3n) is 3.01. The van der Waals surface area contributed by atoms with E-state index < -0.39 is 15.4 Å². The lowest BCUT2D eigenvalue weighted by atomic mass is 9.77. The Labute approximate surface area is 86.4 Å². The molecule has 1 aliphatic rings. The van der Waals surface area contributed by atoms with Gasteiger partial charge < -0.3 is 5.11 Å². The molecule has 0 aromatic carbocycles. The molecule has 2 unspecified atom stereocenters. The summed E-state index contributed by atoms with van der Waals surface area (Å²) in [7, 11) is -2.94. The van der Waals surface area contributed by atoms with Gasteiger partial charge in [0.05, 0.1) is 11.4 Å². The highest BCUT2D eigenvalue weighted by atomic mass is 32.2. The maximum Gasteiger partial charge on any atom is 0.147 e. The van der Waals surface area contributed by atoms with Crippen molar-refractivity contribution < 1.29 is 13.5 Å². The maximum atomic E-state index is 11.0. The van der Waals surface area contributed by atoms with E-state index >= 15 is 0 Å². The summed E-state index contributed by atoms with van der Waals surface area (Å²) in [5, 5.41) is 10.1. The van der Waals surface area contributed by atoms with Gasteiger partial charge in [0.1, 0.15) is 9.84 Å². The molecule has 0 saturated heterocycles. The average molecular weight is 220 g/mol. The quantitative estimate of drug-likeness (QED) is 0.781. The van der Waals surface area contributed by atoms with Crippen molar-refractivity contribution in [3.05, 3.63) is 0 Å². The molecule has 4 heteroatoms. The molecule has 0 radical (unpaired) electrons. The summed E-state index contributed by atoms with van der Waals surface area (Å²) < 4.78 is 22.0. The predicted molar refractivity (Wildman–Crippen MR) is 56.9 cm³/mol. The molecule has 1 aliphatic carbocycles. The Kier molecular flexibility index (Phi) is 3.58. The van der Waals surface area contributed by atoms with Gasteiger partial charge in [0.2, 0.25) is 0 Å². The third-order valence-corrected chi connectivity index (χ3v) is 3.95. The first-order valence-electron chi connectivity index (χ1n) is 5.21. The molecule has 0 aromatic rings. The monoisotopic (exact) mass is 220 g/mol. The van der Waals surface area contributed by atoms with Crippen LogP contribution in [0.1, 0.15) is 39.0 Å². The first-order valence-corrected chi connectivity index (χ1v) is 7.27. The second-order valence-electron chi connectivity index (χ2n) is 4.81. The van der Waals surface area contributed by atoms with Crippen LogP contribution in [-0.4, -0.2) is 31.1 Å². The van der Waals surface area contributed by atoms with Crippen LogP contribution < -0.4 is 0 Å². The summed E-state index contributed by atoms with van der Waals surface area (Å²) >= 11 is 0. The largest absolute Gasteiger partial charge is 0.390 e. The molecule has 1 saturated carbocycles. The molecule has 0 amide bonds. The van der Waals surface area contributed by atoms with Crippen LogP contribution in [0.4, 0.5) is 0 Å². The number of sulfone groups is 1. The van der Waals surface area contributed by atoms with Crippen LogP contribution in [0, 0.1) is 5.92 Å². The van der Waals surface area contributed by atoms with E-state index in [4.69, 9.17) is 0 Å². The van der Waals surface area contributed by atoms with Gasteiger partial charge in [-0.25, -0.2) is 8.42 Å². The highest BCUT2D eigenvalue weighted by Gasteiger charge is 2.32. The van der Waals surface area contributed by atoms with E-state index in [-0.39, 0.29) is 5.75 Å².